The Bertz CT molecular complexity index is 596. The fourth-order valence-corrected chi connectivity index (χ4v) is 3.58. The van der Waals surface area contributed by atoms with Crippen LogP contribution in [0.25, 0.3) is 0 Å². The van der Waals surface area contributed by atoms with E-state index in [0.717, 1.165) is 32.8 Å². The van der Waals surface area contributed by atoms with Crippen molar-refractivity contribution in [2.45, 2.75) is 24.3 Å². The molecule has 132 valence electrons. The zero-order chi connectivity index (χ0) is 17.6. The van der Waals surface area contributed by atoms with Crippen LogP contribution in [0, 0.1) is 0 Å². The van der Waals surface area contributed by atoms with Gasteiger partial charge in [-0.2, -0.15) is 0 Å². The molecule has 1 aliphatic rings. The minimum atomic E-state index is -1.32. The zero-order valence-electron chi connectivity index (χ0n) is 14.2. The van der Waals surface area contributed by atoms with Crippen LogP contribution in [-0.4, -0.2) is 53.4 Å². The van der Waals surface area contributed by atoms with Gasteiger partial charge < -0.3 is 10.1 Å². The molecule has 0 bridgehead atoms. The molecule has 2 rings (SSSR count). The predicted octanol–water partition coefficient (Wildman–Crippen LogP) is 1.53. The van der Waals surface area contributed by atoms with Crippen molar-refractivity contribution in [3.8, 4) is 0 Å². The van der Waals surface area contributed by atoms with Crippen molar-refractivity contribution in [3.05, 3.63) is 36.9 Å². The molecule has 1 amide bonds. The van der Waals surface area contributed by atoms with Gasteiger partial charge in [-0.15, -0.1) is 0 Å². The molecule has 0 radical (unpaired) electrons. The second-order valence-electron chi connectivity index (χ2n) is 6.36. The van der Waals surface area contributed by atoms with Crippen molar-refractivity contribution >= 4 is 22.6 Å². The van der Waals surface area contributed by atoms with E-state index in [1.807, 2.05) is 13.8 Å². The molecule has 24 heavy (non-hydrogen) atoms. The first-order valence-corrected chi connectivity index (χ1v) is 9.08. The van der Waals surface area contributed by atoms with Crippen molar-refractivity contribution in [2.24, 2.45) is 0 Å². The van der Waals surface area contributed by atoms with Gasteiger partial charge in [-0.25, -0.2) is 8.93 Å². The van der Waals surface area contributed by atoms with Gasteiger partial charge in [-0.05, 0) is 44.2 Å². The molecule has 0 aliphatic carbocycles. The third-order valence-corrected chi connectivity index (χ3v) is 5.05. The van der Waals surface area contributed by atoms with Crippen LogP contribution in [0.15, 0.2) is 41.8 Å². The Balaban J connectivity index is 1.92. The minimum Gasteiger partial charge on any atom is -0.379 e. The van der Waals surface area contributed by atoms with Crippen molar-refractivity contribution in [3.63, 3.8) is 0 Å². The lowest BCUT2D eigenvalue weighted by atomic mass is 10.1. The highest BCUT2D eigenvalue weighted by molar-refractivity contribution is 7.83. The molecule has 1 aromatic carbocycles. The highest BCUT2D eigenvalue weighted by Gasteiger charge is 2.25. The van der Waals surface area contributed by atoms with Gasteiger partial charge in [-0.3, -0.25) is 9.69 Å². The number of rotatable bonds is 7. The molecule has 1 aromatic rings. The van der Waals surface area contributed by atoms with Gasteiger partial charge in [0.2, 0.25) is 5.91 Å². The number of hydrogen-bond acceptors (Lipinski definition) is 4. The van der Waals surface area contributed by atoms with Crippen LogP contribution in [0.4, 0.5) is 5.69 Å². The van der Waals surface area contributed by atoms with E-state index in [-0.39, 0.29) is 11.4 Å². The van der Waals surface area contributed by atoms with Crippen molar-refractivity contribution in [1.29, 1.82) is 0 Å². The maximum atomic E-state index is 12.5. The number of carbonyl (C=O) groups is 1. The number of carbonyl (C=O) groups excluding carboxylic acids is 1. The summed E-state index contributed by atoms with van der Waals surface area (Å²) in [7, 11) is -1.32. The standard InChI is InChI=1S/C17H25N3O3S/c1-4-16(21)18-14-5-7-15(8-6-14)24(22)19-17(2,3)13-20-9-11-23-12-10-20/h4-8,19H,1,9-13H2,2-3H3,(H,18,21). The van der Waals surface area contributed by atoms with E-state index >= 15 is 0 Å². The topological polar surface area (TPSA) is 70.7 Å². The number of anilines is 1. The second kappa shape index (κ2) is 8.53. The molecule has 6 nitrogen and oxygen atoms in total. The second-order valence-corrected chi connectivity index (χ2v) is 7.57. The SMILES string of the molecule is C=CC(=O)Nc1ccc(S(=O)NC(C)(C)CN2CCOCC2)cc1. The molecule has 1 fully saturated rings. The number of morpholine rings is 1. The van der Waals surface area contributed by atoms with Crippen molar-refractivity contribution < 1.29 is 13.7 Å². The molecule has 2 N–H and O–H groups in total. The Labute approximate surface area is 145 Å². The van der Waals surface area contributed by atoms with E-state index in [2.05, 4.69) is 21.5 Å². The van der Waals surface area contributed by atoms with Gasteiger partial charge in [0, 0.05) is 30.9 Å². The van der Waals surface area contributed by atoms with Crippen LogP contribution < -0.4 is 10.0 Å². The Hall–Kier alpha value is -1.54. The van der Waals surface area contributed by atoms with Gasteiger partial charge in [0.25, 0.3) is 0 Å². The summed E-state index contributed by atoms with van der Waals surface area (Å²) < 4.78 is 21.1. The molecule has 1 saturated heterocycles. The van der Waals surface area contributed by atoms with Crippen LogP contribution >= 0.6 is 0 Å². The van der Waals surface area contributed by atoms with Crippen LogP contribution in [-0.2, 0) is 20.5 Å². The van der Waals surface area contributed by atoms with Gasteiger partial charge in [-0.1, -0.05) is 6.58 Å². The average Bonchev–Trinajstić information content (AvgIpc) is 2.55. The van der Waals surface area contributed by atoms with Gasteiger partial charge >= 0.3 is 0 Å². The van der Waals surface area contributed by atoms with Gasteiger partial charge in [0.15, 0.2) is 0 Å². The zero-order valence-corrected chi connectivity index (χ0v) is 15.0. The number of nitrogens with zero attached hydrogens (tertiary/aromatic N) is 1. The summed E-state index contributed by atoms with van der Waals surface area (Å²) in [6.45, 7) is 11.6. The first-order valence-electron chi connectivity index (χ1n) is 7.93. The van der Waals surface area contributed by atoms with Crippen LogP contribution in [0.2, 0.25) is 0 Å². The van der Waals surface area contributed by atoms with Crippen LogP contribution in [0.1, 0.15) is 13.8 Å². The van der Waals surface area contributed by atoms with E-state index in [0.29, 0.717) is 10.6 Å². The molecule has 1 heterocycles. The molecule has 1 unspecified atom stereocenters. The quantitative estimate of drug-likeness (QED) is 0.731. The summed E-state index contributed by atoms with van der Waals surface area (Å²) in [5.41, 5.74) is 0.353. The largest absolute Gasteiger partial charge is 0.379 e. The van der Waals surface area contributed by atoms with Crippen LogP contribution in [0.5, 0.6) is 0 Å². The van der Waals surface area contributed by atoms with E-state index < -0.39 is 11.0 Å². The normalized spacial score (nSPS) is 17.2. The lowest BCUT2D eigenvalue weighted by Gasteiger charge is -2.35. The number of amides is 1. The van der Waals surface area contributed by atoms with Gasteiger partial charge in [0.05, 0.1) is 18.1 Å². The van der Waals surface area contributed by atoms with Crippen molar-refractivity contribution in [2.75, 3.05) is 38.2 Å². The molecular weight excluding hydrogens is 326 g/mol. The van der Waals surface area contributed by atoms with Gasteiger partial charge in [0.1, 0.15) is 11.0 Å². The molecular formula is C17H25N3O3S. The summed E-state index contributed by atoms with van der Waals surface area (Å²) in [5.74, 6) is -0.270. The fourth-order valence-electron chi connectivity index (χ4n) is 2.52. The maximum absolute atomic E-state index is 12.5. The number of benzene rings is 1. The summed E-state index contributed by atoms with van der Waals surface area (Å²) in [6, 6.07) is 6.94. The number of ether oxygens (including phenoxy) is 1. The average molecular weight is 351 g/mol. The molecule has 7 heteroatoms. The minimum absolute atomic E-state index is 0.270. The summed E-state index contributed by atoms with van der Waals surface area (Å²) in [4.78, 5) is 14.2. The highest BCUT2D eigenvalue weighted by Crippen LogP contribution is 2.15. The van der Waals surface area contributed by atoms with Crippen molar-refractivity contribution in [1.82, 2.24) is 9.62 Å². The van der Waals surface area contributed by atoms with E-state index in [9.17, 15) is 9.00 Å². The third-order valence-electron chi connectivity index (χ3n) is 3.61. The highest BCUT2D eigenvalue weighted by atomic mass is 32.2. The number of nitrogens with one attached hydrogen (secondary N) is 2. The summed E-state index contributed by atoms with van der Waals surface area (Å²) in [5, 5.41) is 2.67. The molecule has 0 aromatic heterocycles. The third kappa shape index (κ3) is 5.83. The first-order chi connectivity index (χ1) is 11.4. The lowest BCUT2D eigenvalue weighted by Crippen LogP contribution is -2.52. The Morgan fingerprint density at radius 2 is 1.96 bits per heavy atom. The molecule has 1 aliphatic heterocycles. The summed E-state index contributed by atoms with van der Waals surface area (Å²) in [6.07, 6.45) is 1.21. The van der Waals surface area contributed by atoms with E-state index in [1.54, 1.807) is 24.3 Å². The Kier molecular flexibility index (Phi) is 6.68. The molecule has 0 saturated carbocycles. The van der Waals surface area contributed by atoms with E-state index in [1.165, 1.54) is 6.08 Å². The monoisotopic (exact) mass is 351 g/mol. The Morgan fingerprint density at radius 3 is 2.54 bits per heavy atom. The van der Waals surface area contributed by atoms with E-state index in [4.69, 9.17) is 4.74 Å². The Morgan fingerprint density at radius 1 is 1.33 bits per heavy atom. The summed E-state index contributed by atoms with van der Waals surface area (Å²) >= 11 is 0. The first kappa shape index (κ1) is 18.8. The smallest absolute Gasteiger partial charge is 0.247 e. The lowest BCUT2D eigenvalue weighted by molar-refractivity contribution is -0.111. The fraction of sp³-hybridized carbons (Fsp3) is 0.471. The molecule has 0 spiro atoms. The number of hydrogen-bond donors (Lipinski definition) is 2. The predicted molar refractivity (Wildman–Crippen MR) is 96.2 cm³/mol. The molecule has 1 atom stereocenters. The van der Waals surface area contributed by atoms with Crippen LogP contribution in [0.3, 0.4) is 0 Å². The maximum Gasteiger partial charge on any atom is 0.247 e.